The maximum atomic E-state index is 13.1. The van der Waals surface area contributed by atoms with Crippen LogP contribution in [0.2, 0.25) is 0 Å². The van der Waals surface area contributed by atoms with Gasteiger partial charge in [-0.1, -0.05) is 42.5 Å². The molecule has 1 aliphatic rings. The van der Waals surface area contributed by atoms with E-state index in [1.165, 1.54) is 6.21 Å². The first kappa shape index (κ1) is 28.6. The molecular weight excluding hydrogens is 548 g/mol. The van der Waals surface area contributed by atoms with E-state index >= 15 is 0 Å². The molecular formula is C33H28N4O6. The smallest absolute Gasteiger partial charge is 0.343 e. The van der Waals surface area contributed by atoms with Crippen LogP contribution in [0, 0.1) is 0 Å². The third-order valence-corrected chi connectivity index (χ3v) is 6.31. The lowest BCUT2D eigenvalue weighted by atomic mass is 10.1. The fraction of sp³-hybridized carbons (Fsp3) is 0.0909. The molecule has 1 heterocycles. The highest BCUT2D eigenvalue weighted by molar-refractivity contribution is 6.05. The van der Waals surface area contributed by atoms with Gasteiger partial charge in [0.1, 0.15) is 11.4 Å². The van der Waals surface area contributed by atoms with E-state index in [4.69, 9.17) is 14.2 Å². The number of nitrogens with one attached hydrogen (secondary N) is 2. The third-order valence-electron chi connectivity index (χ3n) is 6.31. The van der Waals surface area contributed by atoms with Gasteiger partial charge < -0.3 is 24.4 Å². The molecule has 216 valence electrons. The first-order chi connectivity index (χ1) is 20.9. The molecule has 4 aromatic carbocycles. The van der Waals surface area contributed by atoms with Gasteiger partial charge in [-0.25, -0.2) is 10.2 Å². The van der Waals surface area contributed by atoms with Gasteiger partial charge in [0, 0.05) is 25.3 Å². The van der Waals surface area contributed by atoms with E-state index in [1.807, 2.05) is 43.3 Å². The van der Waals surface area contributed by atoms with Crippen molar-refractivity contribution in [3.8, 4) is 17.2 Å². The number of nitrogens with zero attached hydrogens (tertiary/aromatic N) is 2. The minimum absolute atomic E-state index is 0.00927. The Balaban J connectivity index is 1.27. The van der Waals surface area contributed by atoms with E-state index in [-0.39, 0.29) is 18.2 Å². The highest BCUT2D eigenvalue weighted by Gasteiger charge is 2.18. The van der Waals surface area contributed by atoms with Crippen LogP contribution in [0.15, 0.2) is 108 Å². The van der Waals surface area contributed by atoms with Crippen LogP contribution < -0.4 is 29.9 Å². The zero-order valence-electron chi connectivity index (χ0n) is 23.4. The number of hydrogen-bond donors (Lipinski definition) is 2. The molecule has 0 unspecified atom stereocenters. The maximum absolute atomic E-state index is 13.1. The van der Waals surface area contributed by atoms with Crippen LogP contribution in [0.3, 0.4) is 0 Å². The lowest BCUT2D eigenvalue weighted by Gasteiger charge is -2.12. The highest BCUT2D eigenvalue weighted by Crippen LogP contribution is 2.32. The zero-order valence-corrected chi connectivity index (χ0v) is 23.4. The molecule has 0 fully saturated rings. The molecule has 10 heteroatoms. The molecule has 4 aromatic rings. The summed E-state index contributed by atoms with van der Waals surface area (Å²) in [6.07, 6.45) is 2.97. The summed E-state index contributed by atoms with van der Waals surface area (Å²) in [5.41, 5.74) is 5.44. The van der Waals surface area contributed by atoms with Crippen LogP contribution in [-0.2, 0) is 4.79 Å². The highest BCUT2D eigenvalue weighted by atomic mass is 16.7. The minimum Gasteiger partial charge on any atom is -0.454 e. The van der Waals surface area contributed by atoms with Crippen LogP contribution in [0.4, 0.5) is 5.69 Å². The largest absolute Gasteiger partial charge is 0.454 e. The Morgan fingerprint density at radius 3 is 2.35 bits per heavy atom. The van der Waals surface area contributed by atoms with Gasteiger partial charge in [0.15, 0.2) is 11.5 Å². The average molecular weight is 577 g/mol. The van der Waals surface area contributed by atoms with Crippen LogP contribution in [0.25, 0.3) is 6.08 Å². The van der Waals surface area contributed by atoms with E-state index in [0.717, 1.165) is 5.69 Å². The van der Waals surface area contributed by atoms with Gasteiger partial charge in [-0.15, -0.1) is 0 Å². The zero-order chi connectivity index (χ0) is 30.2. The summed E-state index contributed by atoms with van der Waals surface area (Å²) in [6, 6.07) is 27.5. The molecule has 0 bridgehead atoms. The first-order valence-electron chi connectivity index (χ1n) is 13.3. The number of carbonyl (C=O) groups excluding carboxylic acids is 3. The third kappa shape index (κ3) is 7.44. The van der Waals surface area contributed by atoms with Crippen LogP contribution in [0.1, 0.15) is 31.8 Å². The Hall–Kier alpha value is -5.90. The monoisotopic (exact) mass is 576 g/mol. The topological polar surface area (TPSA) is 119 Å². The fourth-order valence-electron chi connectivity index (χ4n) is 4.05. The van der Waals surface area contributed by atoms with E-state index in [2.05, 4.69) is 15.8 Å². The number of hydrazone groups is 1. The number of anilines is 1. The standard InChI is InChI=1S/C33H28N4O6/c1-37(2)26-14-11-22(12-15-26)18-28(35-31(38)24-8-4-3-5-9-24)32(39)36-34-20-23-7-6-10-27(17-23)43-33(40)25-13-16-29-30(19-25)42-21-41-29/h3-20H,21H2,1-2H3,(H,35,38)(H,36,39)/b28-18-,34-20-. The van der Waals surface area contributed by atoms with Gasteiger partial charge >= 0.3 is 5.97 Å². The number of esters is 1. The van der Waals surface area contributed by atoms with E-state index in [0.29, 0.717) is 33.8 Å². The quantitative estimate of drug-likeness (QED) is 0.0981. The van der Waals surface area contributed by atoms with Crippen molar-refractivity contribution in [1.82, 2.24) is 10.7 Å². The normalized spacial score (nSPS) is 12.1. The molecule has 0 atom stereocenters. The SMILES string of the molecule is CN(C)c1ccc(/C=C(\NC(=O)c2ccccc2)C(=O)N/N=C\c2cccc(OC(=O)c3ccc4c(c3)OCO4)c2)cc1. The number of ether oxygens (including phenoxy) is 3. The Morgan fingerprint density at radius 1 is 0.814 bits per heavy atom. The van der Waals surface area contributed by atoms with Crippen molar-refractivity contribution in [3.63, 3.8) is 0 Å². The van der Waals surface area contributed by atoms with E-state index < -0.39 is 17.8 Å². The van der Waals surface area contributed by atoms with Gasteiger partial charge in [0.25, 0.3) is 11.8 Å². The van der Waals surface area contributed by atoms with Gasteiger partial charge in [-0.05, 0) is 71.8 Å². The van der Waals surface area contributed by atoms with Crippen molar-refractivity contribution < 1.29 is 28.6 Å². The lowest BCUT2D eigenvalue weighted by molar-refractivity contribution is -0.117. The molecule has 43 heavy (non-hydrogen) atoms. The Kier molecular flexibility index (Phi) is 8.77. The molecule has 2 amide bonds. The summed E-state index contributed by atoms with van der Waals surface area (Å²) in [5, 5.41) is 6.73. The van der Waals surface area contributed by atoms with Gasteiger partial charge in [-0.2, -0.15) is 5.10 Å². The predicted octanol–water partition coefficient (Wildman–Crippen LogP) is 4.62. The second-order valence-electron chi connectivity index (χ2n) is 9.59. The number of amides is 2. The van der Waals surface area contributed by atoms with Crippen LogP contribution in [-0.4, -0.2) is 44.9 Å². The van der Waals surface area contributed by atoms with Crippen molar-refractivity contribution >= 4 is 35.8 Å². The summed E-state index contributed by atoms with van der Waals surface area (Å²) in [7, 11) is 3.86. The second kappa shape index (κ2) is 13.2. The molecule has 0 saturated heterocycles. The van der Waals surface area contributed by atoms with Crippen molar-refractivity contribution in [2.75, 3.05) is 25.8 Å². The van der Waals surface area contributed by atoms with Gasteiger partial charge in [0.05, 0.1) is 11.8 Å². The number of benzene rings is 4. The summed E-state index contributed by atoms with van der Waals surface area (Å²) in [6.45, 7) is 0.103. The van der Waals surface area contributed by atoms with E-state index in [9.17, 15) is 14.4 Å². The Morgan fingerprint density at radius 2 is 1.58 bits per heavy atom. The number of fused-ring (bicyclic) bond motifs is 1. The maximum Gasteiger partial charge on any atom is 0.343 e. The minimum atomic E-state index is -0.623. The molecule has 0 radical (unpaired) electrons. The fourth-order valence-corrected chi connectivity index (χ4v) is 4.05. The van der Waals surface area contributed by atoms with Gasteiger partial charge in [-0.3, -0.25) is 9.59 Å². The van der Waals surface area contributed by atoms with Crippen LogP contribution in [0.5, 0.6) is 17.2 Å². The van der Waals surface area contributed by atoms with Crippen molar-refractivity contribution in [1.29, 1.82) is 0 Å². The average Bonchev–Trinajstić information content (AvgIpc) is 3.50. The molecule has 0 aliphatic carbocycles. The molecule has 0 aromatic heterocycles. The van der Waals surface area contributed by atoms with Crippen LogP contribution >= 0.6 is 0 Å². The van der Waals surface area contributed by atoms with Crippen molar-refractivity contribution in [2.45, 2.75) is 0 Å². The molecule has 2 N–H and O–H groups in total. The van der Waals surface area contributed by atoms with Crippen molar-refractivity contribution in [2.24, 2.45) is 5.10 Å². The molecule has 0 saturated carbocycles. The lowest BCUT2D eigenvalue weighted by Crippen LogP contribution is -2.32. The summed E-state index contributed by atoms with van der Waals surface area (Å²) >= 11 is 0. The van der Waals surface area contributed by atoms with Crippen molar-refractivity contribution in [3.05, 3.63) is 125 Å². The second-order valence-corrected chi connectivity index (χ2v) is 9.59. The number of carbonyl (C=O) groups is 3. The molecule has 10 nitrogen and oxygen atoms in total. The summed E-state index contributed by atoms with van der Waals surface area (Å²) < 4.78 is 16.1. The predicted molar refractivity (Wildman–Crippen MR) is 162 cm³/mol. The Bertz CT molecular complexity index is 1700. The summed E-state index contributed by atoms with van der Waals surface area (Å²) in [5.74, 6) is -0.296. The number of hydrogen-bond acceptors (Lipinski definition) is 8. The first-order valence-corrected chi connectivity index (χ1v) is 13.3. The molecule has 5 rings (SSSR count). The van der Waals surface area contributed by atoms with Gasteiger partial charge in [0.2, 0.25) is 6.79 Å². The number of rotatable bonds is 9. The Labute approximate surface area is 248 Å². The molecule has 1 aliphatic heterocycles. The molecule has 0 spiro atoms. The summed E-state index contributed by atoms with van der Waals surface area (Å²) in [4.78, 5) is 40.6. The van der Waals surface area contributed by atoms with E-state index in [1.54, 1.807) is 78.9 Å².